The van der Waals surface area contributed by atoms with Gasteiger partial charge < -0.3 is 30.4 Å². The number of carbonyl (C=O) groups is 4. The minimum absolute atomic E-state index is 0.185. The van der Waals surface area contributed by atoms with Crippen LogP contribution in [0.15, 0.2) is 60.7 Å². The van der Waals surface area contributed by atoms with Crippen LogP contribution in [0.25, 0.3) is 0 Å². The first kappa shape index (κ1) is 26.5. The molecule has 10 heteroatoms. The lowest BCUT2D eigenvalue weighted by Crippen LogP contribution is -2.68. The van der Waals surface area contributed by atoms with Gasteiger partial charge in [0.2, 0.25) is 0 Å². The number of carbonyl (C=O) groups excluding carboxylic acids is 4. The molecule has 36 heavy (non-hydrogen) atoms. The fourth-order valence-corrected chi connectivity index (χ4v) is 5.08. The fourth-order valence-electron chi connectivity index (χ4n) is 5.08. The molecule has 0 saturated heterocycles. The number of nitrogens with two attached hydrogens (primary N) is 2. The van der Waals surface area contributed by atoms with Crippen molar-refractivity contribution in [3.63, 3.8) is 0 Å². The Morgan fingerprint density at radius 3 is 1.50 bits per heavy atom. The van der Waals surface area contributed by atoms with Gasteiger partial charge in [-0.3, -0.25) is 9.59 Å². The molecule has 2 atom stereocenters. The molecule has 3 rings (SSSR count). The first-order valence-electron chi connectivity index (χ1n) is 11.4. The Kier molecular flexibility index (Phi) is 7.87. The van der Waals surface area contributed by atoms with E-state index in [1.54, 1.807) is 0 Å². The van der Waals surface area contributed by atoms with Crippen molar-refractivity contribution >= 4 is 24.1 Å². The molecule has 0 aromatic heterocycles. The van der Waals surface area contributed by atoms with Gasteiger partial charge in [-0.25, -0.2) is 9.59 Å². The van der Waals surface area contributed by atoms with E-state index in [2.05, 4.69) is 0 Å². The van der Waals surface area contributed by atoms with Crippen molar-refractivity contribution in [2.75, 3.05) is 0 Å². The maximum Gasteiger partial charge on any atom is 0.408 e. The molecule has 1 fully saturated rings. The van der Waals surface area contributed by atoms with Gasteiger partial charge in [-0.05, 0) is 35.8 Å². The quantitative estimate of drug-likeness (QED) is 0.414. The van der Waals surface area contributed by atoms with Gasteiger partial charge in [-0.1, -0.05) is 60.7 Å². The van der Waals surface area contributed by atoms with E-state index < -0.39 is 41.1 Å². The lowest BCUT2D eigenvalue weighted by molar-refractivity contribution is -0.377. The fraction of sp³-hybridized carbons (Fsp3) is 0.385. The van der Waals surface area contributed by atoms with Gasteiger partial charge in [0.05, 0.1) is 0 Å². The normalized spacial score (nSPS) is 22.6. The average molecular weight is 499 g/mol. The second-order valence-corrected chi connectivity index (χ2v) is 9.04. The topological polar surface area (TPSA) is 157 Å². The summed E-state index contributed by atoms with van der Waals surface area (Å²) in [6.07, 6.45) is -1.76. The van der Waals surface area contributed by atoms with Gasteiger partial charge >= 0.3 is 35.7 Å². The number of ether oxygens (including phenoxy) is 4. The van der Waals surface area contributed by atoms with Gasteiger partial charge in [-0.15, -0.1) is 0 Å². The molecule has 10 nitrogen and oxygen atoms in total. The molecule has 1 aliphatic rings. The number of hydrogen-bond donors (Lipinski definition) is 2. The Morgan fingerprint density at radius 2 is 1.08 bits per heavy atom. The predicted octanol–water partition coefficient (Wildman–Crippen LogP) is 3.35. The van der Waals surface area contributed by atoms with Gasteiger partial charge in [0, 0.05) is 26.7 Å². The molecular weight excluding hydrogens is 468 g/mol. The van der Waals surface area contributed by atoms with Gasteiger partial charge in [0.1, 0.15) is 0 Å². The van der Waals surface area contributed by atoms with E-state index in [-0.39, 0.29) is 12.8 Å². The number of hydrogen-bond acceptors (Lipinski definition) is 8. The van der Waals surface area contributed by atoms with Crippen molar-refractivity contribution in [3.8, 4) is 0 Å². The SMILES string of the molecule is CC(=O)O[C@]1(OC(N)=O)CCC(Cc2ccccc2)(Cc2ccccc2)C[C@@]1(OC(C)=O)OC(N)=O. The molecule has 0 heterocycles. The van der Waals surface area contributed by atoms with Crippen LogP contribution in [-0.4, -0.2) is 35.7 Å². The van der Waals surface area contributed by atoms with Crippen molar-refractivity contribution in [2.45, 2.75) is 57.5 Å². The third kappa shape index (κ3) is 6.12. The highest BCUT2D eigenvalue weighted by atomic mass is 16.8. The molecule has 0 aliphatic heterocycles. The van der Waals surface area contributed by atoms with Crippen molar-refractivity contribution < 1.29 is 38.1 Å². The highest BCUT2D eigenvalue weighted by Gasteiger charge is 2.69. The Bertz CT molecular complexity index is 1030. The van der Waals surface area contributed by atoms with Crippen LogP contribution in [0.4, 0.5) is 9.59 Å². The average Bonchev–Trinajstić information content (AvgIpc) is 2.76. The highest BCUT2D eigenvalue weighted by Crippen LogP contribution is 2.54. The predicted molar refractivity (Wildman–Crippen MR) is 127 cm³/mol. The second-order valence-electron chi connectivity index (χ2n) is 9.04. The molecule has 0 unspecified atom stereocenters. The second kappa shape index (κ2) is 10.7. The molecule has 1 saturated carbocycles. The summed E-state index contributed by atoms with van der Waals surface area (Å²) in [5.41, 5.74) is 11.9. The lowest BCUT2D eigenvalue weighted by Gasteiger charge is -2.53. The molecule has 1 aliphatic carbocycles. The molecule has 2 aromatic carbocycles. The number of rotatable bonds is 8. The zero-order valence-corrected chi connectivity index (χ0v) is 20.2. The molecule has 192 valence electrons. The largest absolute Gasteiger partial charge is 0.415 e. The lowest BCUT2D eigenvalue weighted by atomic mass is 9.63. The van der Waals surface area contributed by atoms with E-state index in [1.807, 2.05) is 60.7 Å². The molecule has 0 radical (unpaired) electrons. The van der Waals surface area contributed by atoms with Gasteiger partial charge in [-0.2, -0.15) is 0 Å². The highest BCUT2D eigenvalue weighted by molar-refractivity contribution is 5.71. The minimum atomic E-state index is -2.40. The van der Waals surface area contributed by atoms with Crippen LogP contribution in [0.3, 0.4) is 0 Å². The molecule has 0 spiro atoms. The number of benzene rings is 2. The van der Waals surface area contributed by atoms with Crippen molar-refractivity contribution in [1.82, 2.24) is 0 Å². The van der Waals surface area contributed by atoms with Crippen LogP contribution in [0.1, 0.15) is 44.2 Å². The first-order valence-corrected chi connectivity index (χ1v) is 11.4. The van der Waals surface area contributed by atoms with E-state index in [0.29, 0.717) is 19.3 Å². The maximum atomic E-state index is 12.3. The summed E-state index contributed by atoms with van der Waals surface area (Å²) in [6.45, 7) is 2.16. The summed E-state index contributed by atoms with van der Waals surface area (Å²) in [6, 6.07) is 19.2. The molecule has 2 amide bonds. The monoisotopic (exact) mass is 498 g/mol. The first-order chi connectivity index (χ1) is 17.0. The summed E-state index contributed by atoms with van der Waals surface area (Å²) in [4.78, 5) is 48.5. The summed E-state index contributed by atoms with van der Waals surface area (Å²) >= 11 is 0. The smallest absolute Gasteiger partial charge is 0.408 e. The van der Waals surface area contributed by atoms with E-state index in [0.717, 1.165) is 25.0 Å². The Morgan fingerprint density at radius 1 is 0.667 bits per heavy atom. The number of amides is 2. The summed E-state index contributed by atoms with van der Waals surface area (Å²) < 4.78 is 21.7. The molecule has 2 aromatic rings. The van der Waals surface area contributed by atoms with E-state index in [1.165, 1.54) is 0 Å². The number of primary amides is 2. The zero-order valence-electron chi connectivity index (χ0n) is 20.2. The maximum absolute atomic E-state index is 12.3. The third-order valence-electron chi connectivity index (χ3n) is 6.16. The zero-order chi connectivity index (χ0) is 26.4. The van der Waals surface area contributed by atoms with E-state index >= 15 is 0 Å². The summed E-state index contributed by atoms with van der Waals surface area (Å²) in [5, 5.41) is 0. The number of esters is 2. The van der Waals surface area contributed by atoms with Crippen LogP contribution >= 0.6 is 0 Å². The molecule has 4 N–H and O–H groups in total. The standard InChI is InChI=1S/C26H30N2O8/c1-18(29)33-25(35-22(27)31)14-13-24(15-20-9-5-3-6-10-20,16-21-11-7-4-8-12-21)17-26(25,34-19(2)30)36-23(28)32/h3-12H,13-17H2,1-2H3,(H2,27,31)(H2,28,32)/t25-,26+/m0/s1. The van der Waals surface area contributed by atoms with E-state index in [4.69, 9.17) is 30.4 Å². The van der Waals surface area contributed by atoms with Crippen molar-refractivity contribution in [3.05, 3.63) is 71.8 Å². The third-order valence-corrected chi connectivity index (χ3v) is 6.16. The Labute approximate surface area is 208 Å². The summed E-state index contributed by atoms with van der Waals surface area (Å²) in [7, 11) is 0. The van der Waals surface area contributed by atoms with Gasteiger partial charge in [0.25, 0.3) is 0 Å². The van der Waals surface area contributed by atoms with Crippen LogP contribution in [0, 0.1) is 5.41 Å². The van der Waals surface area contributed by atoms with Crippen molar-refractivity contribution in [1.29, 1.82) is 0 Å². The van der Waals surface area contributed by atoms with Crippen LogP contribution in [0.2, 0.25) is 0 Å². The van der Waals surface area contributed by atoms with Crippen LogP contribution in [-0.2, 0) is 41.4 Å². The summed E-state index contributed by atoms with van der Waals surface area (Å²) in [5.74, 6) is -6.49. The Balaban J connectivity index is 2.20. The molecular formula is C26H30N2O8. The van der Waals surface area contributed by atoms with Gasteiger partial charge in [0.15, 0.2) is 0 Å². The minimum Gasteiger partial charge on any atom is -0.415 e. The Hall–Kier alpha value is -4.08. The van der Waals surface area contributed by atoms with Crippen LogP contribution in [0.5, 0.6) is 0 Å². The molecule has 0 bridgehead atoms. The van der Waals surface area contributed by atoms with Crippen molar-refractivity contribution in [2.24, 2.45) is 16.9 Å². The van der Waals surface area contributed by atoms with E-state index in [9.17, 15) is 19.2 Å². The van der Waals surface area contributed by atoms with Crippen LogP contribution < -0.4 is 11.5 Å².